The van der Waals surface area contributed by atoms with Gasteiger partial charge >= 0.3 is 12.7 Å². The predicted molar refractivity (Wildman–Crippen MR) is 139 cm³/mol. The molecule has 1 amide bonds. The van der Waals surface area contributed by atoms with Crippen molar-refractivity contribution < 1.29 is 23.0 Å². The zero-order valence-corrected chi connectivity index (χ0v) is 21.4. The minimum Gasteiger partial charge on any atom is -0.447 e. The third kappa shape index (κ3) is 4.55. The maximum atomic E-state index is 13.0. The lowest BCUT2D eigenvalue weighted by atomic mass is 10.1. The number of nitrogens with zero attached hydrogens (tertiary/aromatic N) is 6. The second-order valence-electron chi connectivity index (χ2n) is 9.75. The molecular weight excluding hydrogens is 510 g/mol. The lowest BCUT2D eigenvalue weighted by Gasteiger charge is -2.35. The standard InChI is InChI=1S/C27H26F2N6O4/c1-16-3-6-23(39-25(28)29)18(9-16)13-35-22-10-17(4-5-21(22)24(36)32(35)2)19-11-30-26(31-12-19)33-7-8-34-20(14-33)15-38-27(34)37/h3-6,9-12,20,25H,7-8,13-15H2,1-2H3. The third-order valence-electron chi connectivity index (χ3n) is 7.29. The summed E-state index contributed by atoms with van der Waals surface area (Å²) in [5, 5.41) is 0.508. The first-order chi connectivity index (χ1) is 18.8. The van der Waals surface area contributed by atoms with Crippen LogP contribution in [-0.4, -0.2) is 69.2 Å². The summed E-state index contributed by atoms with van der Waals surface area (Å²) in [6.45, 7) is 1.21. The lowest BCUT2D eigenvalue weighted by Crippen LogP contribution is -2.52. The zero-order valence-electron chi connectivity index (χ0n) is 21.4. The summed E-state index contributed by atoms with van der Waals surface area (Å²) < 4.78 is 39.1. The number of hydrogen-bond acceptors (Lipinski definition) is 7. The number of hydrogen-bond donors (Lipinski definition) is 0. The minimum atomic E-state index is -2.95. The number of halogens is 2. The van der Waals surface area contributed by atoms with Crippen molar-refractivity contribution in [3.05, 3.63) is 70.3 Å². The molecule has 2 aromatic heterocycles. The molecule has 6 rings (SSSR count). The molecule has 2 saturated heterocycles. The highest BCUT2D eigenvalue weighted by Crippen LogP contribution is 2.28. The minimum absolute atomic E-state index is 0.00763. The first kappa shape index (κ1) is 24.8. The van der Waals surface area contributed by atoms with Crippen LogP contribution in [0.3, 0.4) is 0 Å². The van der Waals surface area contributed by atoms with Crippen molar-refractivity contribution in [2.75, 3.05) is 31.1 Å². The predicted octanol–water partition coefficient (Wildman–Crippen LogP) is 3.40. The van der Waals surface area contributed by atoms with Gasteiger partial charge in [-0.1, -0.05) is 23.8 Å². The number of carbonyl (C=O) groups is 1. The second kappa shape index (κ2) is 9.68. The molecule has 4 heterocycles. The van der Waals surface area contributed by atoms with Gasteiger partial charge in [0.1, 0.15) is 12.4 Å². The van der Waals surface area contributed by atoms with Crippen molar-refractivity contribution in [1.82, 2.24) is 24.2 Å². The van der Waals surface area contributed by atoms with Gasteiger partial charge in [0, 0.05) is 50.2 Å². The molecule has 0 radical (unpaired) electrons. The third-order valence-corrected chi connectivity index (χ3v) is 7.29. The summed E-state index contributed by atoms with van der Waals surface area (Å²) in [5.41, 5.74) is 3.45. The van der Waals surface area contributed by atoms with Crippen LogP contribution in [0.5, 0.6) is 5.75 Å². The van der Waals surface area contributed by atoms with E-state index in [-0.39, 0.29) is 30.0 Å². The Morgan fingerprint density at radius 2 is 1.87 bits per heavy atom. The Morgan fingerprint density at radius 3 is 2.64 bits per heavy atom. The van der Waals surface area contributed by atoms with Crippen molar-refractivity contribution >= 4 is 22.9 Å². The molecule has 2 aliphatic heterocycles. The Bertz CT molecular complexity index is 1620. The Morgan fingerprint density at radius 1 is 1.08 bits per heavy atom. The molecule has 0 spiro atoms. The smallest absolute Gasteiger partial charge is 0.410 e. The second-order valence-corrected chi connectivity index (χ2v) is 9.75. The van der Waals surface area contributed by atoms with Crippen LogP contribution in [0, 0.1) is 6.92 Å². The fraction of sp³-hybridized carbons (Fsp3) is 0.333. The van der Waals surface area contributed by atoms with E-state index in [9.17, 15) is 18.4 Å². The Hall–Kier alpha value is -4.48. The number of rotatable bonds is 6. The van der Waals surface area contributed by atoms with Crippen molar-refractivity contribution in [3.63, 3.8) is 0 Å². The van der Waals surface area contributed by atoms with Crippen molar-refractivity contribution in [3.8, 4) is 16.9 Å². The number of anilines is 1. The normalized spacial score (nSPS) is 17.2. The van der Waals surface area contributed by atoms with E-state index in [1.54, 1.807) is 47.2 Å². The number of fused-ring (bicyclic) bond motifs is 2. The molecule has 1 unspecified atom stereocenters. The van der Waals surface area contributed by atoms with Gasteiger partial charge in [-0.2, -0.15) is 8.78 Å². The zero-order chi connectivity index (χ0) is 27.3. The number of ether oxygens (including phenoxy) is 2. The van der Waals surface area contributed by atoms with E-state index in [0.29, 0.717) is 48.7 Å². The highest BCUT2D eigenvalue weighted by molar-refractivity contribution is 5.84. The number of alkyl halides is 2. The van der Waals surface area contributed by atoms with E-state index in [1.165, 1.54) is 10.7 Å². The number of aryl methyl sites for hydroxylation is 1. The van der Waals surface area contributed by atoms with Crippen LogP contribution in [0.25, 0.3) is 22.0 Å². The SMILES string of the molecule is Cc1ccc(OC(F)F)c(Cn2c3cc(-c4cnc(N5CCN6C(=O)OCC6C5)nc4)ccc3c(=O)n2C)c1. The van der Waals surface area contributed by atoms with Crippen LogP contribution >= 0.6 is 0 Å². The number of carbonyl (C=O) groups excluding carboxylic acids is 1. The Balaban J connectivity index is 1.30. The van der Waals surface area contributed by atoms with Gasteiger partial charge in [-0.15, -0.1) is 0 Å². The molecule has 2 aliphatic rings. The van der Waals surface area contributed by atoms with Crippen LogP contribution in [0.15, 0.2) is 53.6 Å². The first-order valence-corrected chi connectivity index (χ1v) is 12.5. The van der Waals surface area contributed by atoms with E-state index in [4.69, 9.17) is 9.47 Å². The van der Waals surface area contributed by atoms with Crippen molar-refractivity contribution in [2.45, 2.75) is 26.1 Å². The number of piperazine rings is 1. The molecule has 10 nitrogen and oxygen atoms in total. The van der Waals surface area contributed by atoms with Gasteiger partial charge in [0.05, 0.1) is 23.5 Å². The summed E-state index contributed by atoms with van der Waals surface area (Å²) >= 11 is 0. The number of amides is 1. The van der Waals surface area contributed by atoms with Gasteiger partial charge in [-0.25, -0.2) is 14.8 Å². The van der Waals surface area contributed by atoms with Gasteiger partial charge in [-0.3, -0.25) is 19.1 Å². The first-order valence-electron chi connectivity index (χ1n) is 12.5. The highest BCUT2D eigenvalue weighted by atomic mass is 19.3. The molecule has 202 valence electrons. The largest absolute Gasteiger partial charge is 0.447 e. The maximum absolute atomic E-state index is 13.0. The lowest BCUT2D eigenvalue weighted by molar-refractivity contribution is -0.0505. The van der Waals surface area contributed by atoms with Gasteiger partial charge in [0.25, 0.3) is 5.56 Å². The van der Waals surface area contributed by atoms with Gasteiger partial charge in [-0.05, 0) is 30.7 Å². The van der Waals surface area contributed by atoms with E-state index in [1.807, 2.05) is 24.0 Å². The molecule has 2 aromatic carbocycles. The van der Waals surface area contributed by atoms with E-state index >= 15 is 0 Å². The fourth-order valence-corrected chi connectivity index (χ4v) is 5.25. The summed E-state index contributed by atoms with van der Waals surface area (Å²) in [4.78, 5) is 37.6. The van der Waals surface area contributed by atoms with E-state index in [2.05, 4.69) is 9.97 Å². The van der Waals surface area contributed by atoms with Crippen molar-refractivity contribution in [1.29, 1.82) is 0 Å². The number of aromatic nitrogens is 4. The molecule has 12 heteroatoms. The summed E-state index contributed by atoms with van der Waals surface area (Å²) in [5.74, 6) is 0.640. The fourth-order valence-electron chi connectivity index (χ4n) is 5.25. The monoisotopic (exact) mass is 536 g/mol. The van der Waals surface area contributed by atoms with Gasteiger partial charge < -0.3 is 14.4 Å². The molecule has 39 heavy (non-hydrogen) atoms. The molecule has 0 saturated carbocycles. The number of benzene rings is 2. The molecule has 2 fully saturated rings. The van der Waals surface area contributed by atoms with E-state index < -0.39 is 6.61 Å². The molecule has 0 bridgehead atoms. The van der Waals surface area contributed by atoms with E-state index in [0.717, 1.165) is 16.7 Å². The van der Waals surface area contributed by atoms with Crippen LogP contribution in [0.4, 0.5) is 19.5 Å². The average Bonchev–Trinajstić information content (AvgIpc) is 3.42. The Kier molecular flexibility index (Phi) is 6.16. The van der Waals surface area contributed by atoms with Crippen LogP contribution < -0.4 is 15.2 Å². The maximum Gasteiger partial charge on any atom is 0.410 e. The topological polar surface area (TPSA) is 94.7 Å². The summed E-state index contributed by atoms with van der Waals surface area (Å²) in [6, 6.07) is 10.5. The molecule has 0 aliphatic carbocycles. The quantitative estimate of drug-likeness (QED) is 0.373. The highest BCUT2D eigenvalue weighted by Gasteiger charge is 2.38. The molecular formula is C27H26F2N6O4. The van der Waals surface area contributed by atoms with Crippen LogP contribution in [0.2, 0.25) is 0 Å². The Labute approximate surface area is 222 Å². The summed E-state index contributed by atoms with van der Waals surface area (Å²) in [7, 11) is 1.64. The number of cyclic esters (lactones) is 1. The van der Waals surface area contributed by atoms with Crippen LogP contribution in [0.1, 0.15) is 11.1 Å². The average molecular weight is 537 g/mol. The molecule has 1 atom stereocenters. The molecule has 0 N–H and O–H groups in total. The summed E-state index contributed by atoms with van der Waals surface area (Å²) in [6.07, 6.45) is 3.19. The molecule has 4 aromatic rings. The van der Waals surface area contributed by atoms with Crippen LogP contribution in [-0.2, 0) is 18.3 Å². The van der Waals surface area contributed by atoms with Gasteiger partial charge in [0.15, 0.2) is 0 Å². The van der Waals surface area contributed by atoms with Crippen molar-refractivity contribution in [2.24, 2.45) is 7.05 Å². The van der Waals surface area contributed by atoms with Gasteiger partial charge in [0.2, 0.25) is 5.95 Å².